The van der Waals surface area contributed by atoms with Gasteiger partial charge >= 0.3 is 0 Å². The number of rotatable bonds is 6. The number of hydrogen-bond donors (Lipinski definition) is 1. The predicted molar refractivity (Wildman–Crippen MR) is 131 cm³/mol. The summed E-state index contributed by atoms with van der Waals surface area (Å²) in [5.74, 6) is 0.560. The van der Waals surface area contributed by atoms with Gasteiger partial charge in [-0.2, -0.15) is 10.2 Å². The van der Waals surface area contributed by atoms with E-state index in [2.05, 4.69) is 44.2 Å². The van der Waals surface area contributed by atoms with Crippen LogP contribution in [-0.4, -0.2) is 41.5 Å². The lowest BCUT2D eigenvalue weighted by Crippen LogP contribution is -2.38. The Kier molecular flexibility index (Phi) is 6.03. The van der Waals surface area contributed by atoms with Gasteiger partial charge in [0, 0.05) is 60.1 Å². The first-order valence-electron chi connectivity index (χ1n) is 11.5. The van der Waals surface area contributed by atoms with Gasteiger partial charge in [0.15, 0.2) is 5.82 Å². The summed E-state index contributed by atoms with van der Waals surface area (Å²) >= 11 is 0. The predicted octanol–water partition coefficient (Wildman–Crippen LogP) is 4.19. The molecular formula is C26H27N7O. The average molecular weight is 454 g/mol. The maximum atomic E-state index is 11.7. The summed E-state index contributed by atoms with van der Waals surface area (Å²) in [6.45, 7) is 3.54. The SMILES string of the molecule is C=CC(=O)N[C@@H]1CCCC(n2cc(-c3cnc(-c4cccc(-c5cnn(C)c5)c4)nc3)cn2)C1. The van der Waals surface area contributed by atoms with Gasteiger partial charge in [0.05, 0.1) is 18.4 Å². The molecule has 1 aromatic carbocycles. The first kappa shape index (κ1) is 21.8. The van der Waals surface area contributed by atoms with Crippen LogP contribution in [0.3, 0.4) is 0 Å². The lowest BCUT2D eigenvalue weighted by Gasteiger charge is -2.29. The van der Waals surface area contributed by atoms with Crippen molar-refractivity contribution in [3.63, 3.8) is 0 Å². The molecule has 1 unspecified atom stereocenters. The summed E-state index contributed by atoms with van der Waals surface area (Å²) < 4.78 is 3.80. The highest BCUT2D eigenvalue weighted by Crippen LogP contribution is 2.30. The van der Waals surface area contributed by atoms with Crippen molar-refractivity contribution in [1.29, 1.82) is 0 Å². The molecule has 1 fully saturated rings. The second-order valence-corrected chi connectivity index (χ2v) is 8.72. The number of carbonyl (C=O) groups is 1. The molecule has 1 saturated carbocycles. The minimum Gasteiger partial charge on any atom is -0.350 e. The third-order valence-electron chi connectivity index (χ3n) is 6.30. The summed E-state index contributed by atoms with van der Waals surface area (Å²) in [6, 6.07) is 8.57. The first-order valence-corrected chi connectivity index (χ1v) is 11.5. The van der Waals surface area contributed by atoms with Crippen molar-refractivity contribution < 1.29 is 4.79 Å². The Labute approximate surface area is 198 Å². The van der Waals surface area contributed by atoms with Crippen molar-refractivity contribution in [2.24, 2.45) is 7.05 Å². The molecule has 0 bridgehead atoms. The highest BCUT2D eigenvalue weighted by atomic mass is 16.1. The third-order valence-corrected chi connectivity index (χ3v) is 6.30. The normalized spacial score (nSPS) is 17.9. The Morgan fingerprint density at radius 3 is 2.53 bits per heavy atom. The van der Waals surface area contributed by atoms with E-state index in [9.17, 15) is 4.79 Å². The lowest BCUT2D eigenvalue weighted by molar-refractivity contribution is -0.117. The van der Waals surface area contributed by atoms with E-state index in [1.54, 1.807) is 4.68 Å². The van der Waals surface area contributed by atoms with E-state index >= 15 is 0 Å². The van der Waals surface area contributed by atoms with Crippen molar-refractivity contribution in [1.82, 2.24) is 34.8 Å². The zero-order valence-corrected chi connectivity index (χ0v) is 19.1. The zero-order chi connectivity index (χ0) is 23.5. The molecule has 8 heteroatoms. The molecule has 3 heterocycles. The molecule has 0 spiro atoms. The highest BCUT2D eigenvalue weighted by molar-refractivity contribution is 5.87. The largest absolute Gasteiger partial charge is 0.350 e. The summed E-state index contributed by atoms with van der Waals surface area (Å²) in [4.78, 5) is 20.9. The van der Waals surface area contributed by atoms with Gasteiger partial charge in [0.25, 0.3) is 0 Å². The Hall–Kier alpha value is -4.07. The number of benzene rings is 1. The maximum Gasteiger partial charge on any atom is 0.243 e. The van der Waals surface area contributed by atoms with Crippen LogP contribution < -0.4 is 5.32 Å². The average Bonchev–Trinajstić information content (AvgIpc) is 3.54. The fourth-order valence-corrected chi connectivity index (χ4v) is 4.52. The number of aromatic nitrogens is 6. The Balaban J connectivity index is 1.30. The number of carbonyl (C=O) groups excluding carboxylic acids is 1. The van der Waals surface area contributed by atoms with Crippen LogP contribution in [-0.2, 0) is 11.8 Å². The summed E-state index contributed by atoms with van der Waals surface area (Å²) in [7, 11) is 1.91. The Morgan fingerprint density at radius 1 is 1.00 bits per heavy atom. The fraction of sp³-hybridized carbons (Fsp3) is 0.269. The quantitative estimate of drug-likeness (QED) is 0.442. The smallest absolute Gasteiger partial charge is 0.243 e. The van der Waals surface area contributed by atoms with Gasteiger partial charge in [-0.3, -0.25) is 14.2 Å². The zero-order valence-electron chi connectivity index (χ0n) is 19.1. The van der Waals surface area contributed by atoms with Crippen molar-refractivity contribution >= 4 is 5.91 Å². The number of amides is 1. The monoisotopic (exact) mass is 453 g/mol. The number of nitrogens with one attached hydrogen (secondary N) is 1. The van der Waals surface area contributed by atoms with E-state index in [1.807, 2.05) is 61.0 Å². The molecule has 8 nitrogen and oxygen atoms in total. The van der Waals surface area contributed by atoms with Gasteiger partial charge < -0.3 is 5.32 Å². The topological polar surface area (TPSA) is 90.5 Å². The molecule has 2 atom stereocenters. The van der Waals surface area contributed by atoms with Crippen LogP contribution in [0.4, 0.5) is 0 Å². The van der Waals surface area contributed by atoms with E-state index in [-0.39, 0.29) is 18.0 Å². The molecule has 0 radical (unpaired) electrons. The van der Waals surface area contributed by atoms with Gasteiger partial charge in [-0.1, -0.05) is 24.8 Å². The van der Waals surface area contributed by atoms with Crippen LogP contribution in [0.5, 0.6) is 0 Å². The minimum atomic E-state index is -0.116. The van der Waals surface area contributed by atoms with E-state index in [0.29, 0.717) is 5.82 Å². The Morgan fingerprint density at radius 2 is 1.76 bits per heavy atom. The molecule has 0 saturated heterocycles. The van der Waals surface area contributed by atoms with Gasteiger partial charge in [0.2, 0.25) is 5.91 Å². The van der Waals surface area contributed by atoms with E-state index in [1.165, 1.54) is 6.08 Å². The first-order chi connectivity index (χ1) is 16.6. The van der Waals surface area contributed by atoms with Crippen LogP contribution in [0.2, 0.25) is 0 Å². The van der Waals surface area contributed by atoms with Crippen LogP contribution in [0.15, 0.2) is 74.1 Å². The molecule has 0 aliphatic heterocycles. The second-order valence-electron chi connectivity index (χ2n) is 8.72. The summed E-state index contributed by atoms with van der Waals surface area (Å²) in [5.41, 5.74) is 4.99. The fourth-order valence-electron chi connectivity index (χ4n) is 4.52. The number of aryl methyl sites for hydroxylation is 1. The molecule has 1 amide bonds. The molecular weight excluding hydrogens is 426 g/mol. The van der Waals surface area contributed by atoms with Crippen molar-refractivity contribution in [3.05, 3.63) is 74.1 Å². The van der Waals surface area contributed by atoms with Crippen molar-refractivity contribution in [2.45, 2.75) is 37.8 Å². The highest BCUT2D eigenvalue weighted by Gasteiger charge is 2.24. The second kappa shape index (κ2) is 9.43. The van der Waals surface area contributed by atoms with Crippen LogP contribution >= 0.6 is 0 Å². The summed E-state index contributed by atoms with van der Waals surface area (Å²) in [6.07, 6.45) is 16.7. The van der Waals surface area contributed by atoms with Gasteiger partial charge in [-0.15, -0.1) is 0 Å². The molecule has 1 aliphatic rings. The standard InChI is InChI=1S/C26H27N7O/c1-3-25(34)31-23-8-5-9-24(11-23)33-17-22(15-30-33)20-12-27-26(28-13-20)19-7-4-6-18(10-19)21-14-29-32(2)16-21/h3-4,6-7,10,12-17,23-24H,1,5,8-9,11H2,2H3,(H,31,34)/t23-,24?/m1/s1. The van der Waals surface area contributed by atoms with Gasteiger partial charge in [0.1, 0.15) is 0 Å². The van der Waals surface area contributed by atoms with Crippen LogP contribution in [0.1, 0.15) is 31.7 Å². The van der Waals surface area contributed by atoms with Crippen molar-refractivity contribution in [2.75, 3.05) is 0 Å². The van der Waals surface area contributed by atoms with E-state index < -0.39 is 0 Å². The lowest BCUT2D eigenvalue weighted by atomic mass is 9.91. The minimum absolute atomic E-state index is 0.116. The molecule has 34 heavy (non-hydrogen) atoms. The van der Waals surface area contributed by atoms with E-state index in [4.69, 9.17) is 0 Å². The van der Waals surface area contributed by atoms with Gasteiger partial charge in [-0.25, -0.2) is 9.97 Å². The van der Waals surface area contributed by atoms with Gasteiger partial charge in [-0.05, 0) is 43.4 Å². The third kappa shape index (κ3) is 4.66. The molecule has 1 aliphatic carbocycles. The molecule has 4 aromatic rings. The molecule has 1 N–H and O–H groups in total. The molecule has 5 rings (SSSR count). The number of hydrogen-bond acceptors (Lipinski definition) is 5. The maximum absolute atomic E-state index is 11.7. The molecule has 172 valence electrons. The number of nitrogens with zero attached hydrogens (tertiary/aromatic N) is 6. The molecule has 3 aromatic heterocycles. The summed E-state index contributed by atoms with van der Waals surface area (Å²) in [5, 5.41) is 11.9. The van der Waals surface area contributed by atoms with E-state index in [0.717, 1.165) is 53.5 Å². The van der Waals surface area contributed by atoms with Crippen LogP contribution in [0.25, 0.3) is 33.6 Å². The Bertz CT molecular complexity index is 1300. The van der Waals surface area contributed by atoms with Crippen LogP contribution in [0, 0.1) is 0 Å². The van der Waals surface area contributed by atoms with Crippen molar-refractivity contribution in [3.8, 4) is 33.6 Å².